The Morgan fingerprint density at radius 3 is 3.00 bits per heavy atom. The van der Waals surface area contributed by atoms with Crippen LogP contribution < -0.4 is 5.76 Å². The summed E-state index contributed by atoms with van der Waals surface area (Å²) in [6, 6.07) is 8.77. The Bertz CT molecular complexity index is 692. The van der Waals surface area contributed by atoms with E-state index in [1.165, 1.54) is 11.5 Å². The molecule has 0 spiro atoms. The molecular weight excluding hydrogens is 248 g/mol. The van der Waals surface area contributed by atoms with Crippen molar-refractivity contribution in [2.45, 2.75) is 26.0 Å². The van der Waals surface area contributed by atoms with Crippen LogP contribution >= 0.6 is 0 Å². The first-order valence-electron chi connectivity index (χ1n) is 5.79. The lowest BCUT2D eigenvalue weighted by molar-refractivity contribution is -0.146. The van der Waals surface area contributed by atoms with Crippen molar-refractivity contribution in [2.75, 3.05) is 0 Å². The number of fused-ring (bicyclic) bond motifs is 1. The van der Waals surface area contributed by atoms with Crippen LogP contribution in [0.2, 0.25) is 0 Å². The number of nitrogens with zero attached hydrogens (tertiary/aromatic N) is 2. The van der Waals surface area contributed by atoms with E-state index in [0.29, 0.717) is 11.1 Å². The second-order valence-electron chi connectivity index (χ2n) is 4.00. The lowest BCUT2D eigenvalue weighted by atomic mass is 10.3. The van der Waals surface area contributed by atoms with E-state index in [4.69, 9.17) is 14.4 Å². The number of hydrogen-bond acceptors (Lipinski definition) is 5. The highest BCUT2D eigenvalue weighted by Gasteiger charge is 2.12. The van der Waals surface area contributed by atoms with Crippen molar-refractivity contribution in [1.29, 1.82) is 5.26 Å². The Morgan fingerprint density at radius 2 is 2.26 bits per heavy atom. The normalized spacial score (nSPS) is 12.0. The van der Waals surface area contributed by atoms with Crippen molar-refractivity contribution in [1.82, 2.24) is 4.57 Å². The maximum absolute atomic E-state index is 11.6. The molecule has 6 nitrogen and oxygen atoms in total. The predicted molar refractivity (Wildman–Crippen MR) is 66.3 cm³/mol. The number of carbonyl (C=O) groups excluding carboxylic acids is 1. The molecule has 2 aromatic rings. The molecule has 0 unspecified atom stereocenters. The van der Waals surface area contributed by atoms with Gasteiger partial charge in [0.15, 0.2) is 11.7 Å². The summed E-state index contributed by atoms with van der Waals surface area (Å²) in [5.74, 6) is -1.03. The summed E-state index contributed by atoms with van der Waals surface area (Å²) in [7, 11) is 0. The maximum Gasteiger partial charge on any atom is 0.419 e. The molecule has 0 bridgehead atoms. The van der Waals surface area contributed by atoms with Crippen molar-refractivity contribution in [3.63, 3.8) is 0 Å². The fraction of sp³-hybridized carbons (Fsp3) is 0.308. The molecule has 0 saturated carbocycles. The highest BCUT2D eigenvalue weighted by Crippen LogP contribution is 2.12. The van der Waals surface area contributed by atoms with E-state index in [2.05, 4.69) is 0 Å². The Morgan fingerprint density at radius 1 is 1.53 bits per heavy atom. The third-order valence-corrected chi connectivity index (χ3v) is 2.60. The zero-order valence-corrected chi connectivity index (χ0v) is 10.3. The lowest BCUT2D eigenvalue weighted by Crippen LogP contribution is -2.19. The molecule has 1 atom stereocenters. The molecule has 0 radical (unpaired) electrons. The minimum atomic E-state index is -0.787. The minimum absolute atomic E-state index is 0.00938. The molecule has 0 amide bonds. The van der Waals surface area contributed by atoms with Gasteiger partial charge in [0, 0.05) is 6.54 Å². The van der Waals surface area contributed by atoms with Crippen LogP contribution in [0.15, 0.2) is 33.5 Å². The summed E-state index contributed by atoms with van der Waals surface area (Å²) in [4.78, 5) is 23.1. The number of esters is 1. The summed E-state index contributed by atoms with van der Waals surface area (Å²) >= 11 is 0. The van der Waals surface area contributed by atoms with Crippen molar-refractivity contribution in [2.24, 2.45) is 0 Å². The van der Waals surface area contributed by atoms with Crippen LogP contribution in [0, 0.1) is 11.3 Å². The molecule has 19 heavy (non-hydrogen) atoms. The molecule has 0 N–H and O–H groups in total. The first-order chi connectivity index (χ1) is 9.11. The fourth-order valence-electron chi connectivity index (χ4n) is 1.71. The number of nitriles is 1. The van der Waals surface area contributed by atoms with Crippen LogP contribution in [0.25, 0.3) is 11.1 Å². The van der Waals surface area contributed by atoms with E-state index in [-0.39, 0.29) is 13.0 Å². The standard InChI is InChI=1S/C13H12N2O4/c1-9(8-14)18-12(16)6-7-15-10-4-2-3-5-11(10)19-13(15)17/h2-5,9H,6-7H2,1H3/t9-/m0/s1. The van der Waals surface area contributed by atoms with Gasteiger partial charge in [-0.15, -0.1) is 0 Å². The van der Waals surface area contributed by atoms with Crippen molar-refractivity contribution in [3.8, 4) is 6.07 Å². The average Bonchev–Trinajstić information content (AvgIpc) is 2.71. The van der Waals surface area contributed by atoms with Crippen LogP contribution in [0.4, 0.5) is 0 Å². The van der Waals surface area contributed by atoms with Gasteiger partial charge in [0.05, 0.1) is 11.9 Å². The van der Waals surface area contributed by atoms with Crippen LogP contribution in [0.1, 0.15) is 13.3 Å². The molecule has 0 saturated heterocycles. The van der Waals surface area contributed by atoms with Gasteiger partial charge < -0.3 is 9.15 Å². The summed E-state index contributed by atoms with van der Waals surface area (Å²) < 4.78 is 11.2. The highest BCUT2D eigenvalue weighted by atomic mass is 16.5. The maximum atomic E-state index is 11.6. The SMILES string of the molecule is C[C@@H](C#N)OC(=O)CCn1c(=O)oc2ccccc21. The molecule has 6 heteroatoms. The fourth-order valence-corrected chi connectivity index (χ4v) is 1.71. The van der Waals surface area contributed by atoms with Crippen molar-refractivity contribution < 1.29 is 13.9 Å². The van der Waals surface area contributed by atoms with Crippen LogP contribution in [0.3, 0.4) is 0 Å². The zero-order valence-electron chi connectivity index (χ0n) is 10.3. The zero-order chi connectivity index (χ0) is 13.8. The Kier molecular flexibility index (Phi) is 3.66. The van der Waals surface area contributed by atoms with E-state index in [9.17, 15) is 9.59 Å². The number of benzene rings is 1. The van der Waals surface area contributed by atoms with Gasteiger partial charge in [-0.2, -0.15) is 5.26 Å². The van der Waals surface area contributed by atoms with Gasteiger partial charge in [0.1, 0.15) is 6.07 Å². The van der Waals surface area contributed by atoms with Gasteiger partial charge in [-0.1, -0.05) is 12.1 Å². The summed E-state index contributed by atoms with van der Waals surface area (Å²) in [5.41, 5.74) is 1.11. The summed E-state index contributed by atoms with van der Waals surface area (Å²) in [6.45, 7) is 1.64. The van der Waals surface area contributed by atoms with Crippen LogP contribution in [-0.2, 0) is 16.1 Å². The number of rotatable bonds is 4. The number of ether oxygens (including phenoxy) is 1. The van der Waals surface area contributed by atoms with Crippen LogP contribution in [-0.4, -0.2) is 16.6 Å². The number of oxazole rings is 1. The third kappa shape index (κ3) is 2.83. The molecule has 1 aromatic carbocycles. The van der Waals surface area contributed by atoms with Crippen molar-refractivity contribution in [3.05, 3.63) is 34.8 Å². The number of carbonyl (C=O) groups is 1. The minimum Gasteiger partial charge on any atom is -0.447 e. The van der Waals surface area contributed by atoms with E-state index >= 15 is 0 Å². The third-order valence-electron chi connectivity index (χ3n) is 2.60. The van der Waals surface area contributed by atoms with Crippen LogP contribution in [0.5, 0.6) is 0 Å². The largest absolute Gasteiger partial charge is 0.447 e. The number of aryl methyl sites for hydroxylation is 1. The van der Waals surface area contributed by atoms with Gasteiger partial charge in [0.25, 0.3) is 0 Å². The van der Waals surface area contributed by atoms with E-state index in [1.54, 1.807) is 30.3 Å². The molecular formula is C13H12N2O4. The van der Waals surface area contributed by atoms with Gasteiger partial charge in [0.2, 0.25) is 0 Å². The first kappa shape index (κ1) is 12.9. The molecule has 1 aromatic heterocycles. The molecule has 2 rings (SSSR count). The van der Waals surface area contributed by atoms with E-state index in [0.717, 1.165) is 0 Å². The van der Waals surface area contributed by atoms with Crippen molar-refractivity contribution >= 4 is 17.1 Å². The Balaban J connectivity index is 2.10. The molecule has 0 aliphatic rings. The number of hydrogen-bond donors (Lipinski definition) is 0. The van der Waals surface area contributed by atoms with E-state index in [1.807, 2.05) is 0 Å². The average molecular weight is 260 g/mol. The Hall–Kier alpha value is -2.55. The molecule has 0 fully saturated rings. The number of aromatic nitrogens is 1. The van der Waals surface area contributed by atoms with E-state index < -0.39 is 17.8 Å². The predicted octanol–water partition coefficient (Wildman–Crippen LogP) is 1.44. The number of para-hydroxylation sites is 2. The quantitative estimate of drug-likeness (QED) is 0.776. The molecule has 1 heterocycles. The highest BCUT2D eigenvalue weighted by molar-refractivity contribution is 5.73. The summed E-state index contributed by atoms with van der Waals surface area (Å²) in [6.07, 6.45) is -0.777. The van der Waals surface area contributed by atoms with Gasteiger partial charge >= 0.3 is 11.7 Å². The van der Waals surface area contributed by atoms with Gasteiger partial charge in [-0.25, -0.2) is 4.79 Å². The van der Waals surface area contributed by atoms with Gasteiger partial charge in [-0.05, 0) is 19.1 Å². The first-order valence-corrected chi connectivity index (χ1v) is 5.79. The Labute approximate surface area is 108 Å². The monoisotopic (exact) mass is 260 g/mol. The summed E-state index contributed by atoms with van der Waals surface area (Å²) in [5, 5.41) is 8.52. The topological polar surface area (TPSA) is 85.2 Å². The van der Waals surface area contributed by atoms with Gasteiger partial charge in [-0.3, -0.25) is 9.36 Å². The molecule has 98 valence electrons. The second-order valence-corrected chi connectivity index (χ2v) is 4.00. The molecule has 0 aliphatic heterocycles. The lowest BCUT2D eigenvalue weighted by Gasteiger charge is -2.05. The second kappa shape index (κ2) is 5.40. The molecule has 0 aliphatic carbocycles. The smallest absolute Gasteiger partial charge is 0.419 e.